The van der Waals surface area contributed by atoms with Crippen LogP contribution in [0, 0.1) is 10.1 Å². The van der Waals surface area contributed by atoms with E-state index in [4.69, 9.17) is 0 Å². The van der Waals surface area contributed by atoms with Gasteiger partial charge in [-0.2, -0.15) is 0 Å². The second-order valence-corrected chi connectivity index (χ2v) is 7.13. The largest absolute Gasteiger partial charge is 0.366 e. The van der Waals surface area contributed by atoms with Crippen molar-refractivity contribution in [2.45, 2.75) is 45.1 Å². The summed E-state index contributed by atoms with van der Waals surface area (Å²) in [5.74, 6) is -0.0881. The Labute approximate surface area is 166 Å². The average molecular weight is 397 g/mol. The summed E-state index contributed by atoms with van der Waals surface area (Å²) in [5.41, 5.74) is 1.10. The van der Waals surface area contributed by atoms with Gasteiger partial charge in [-0.15, -0.1) is 12.4 Å². The van der Waals surface area contributed by atoms with Crippen molar-refractivity contribution in [2.75, 3.05) is 37.6 Å². The minimum Gasteiger partial charge on any atom is -0.366 e. The first-order valence-corrected chi connectivity index (χ1v) is 9.67. The Bertz CT molecular complexity index is 658. The Balaban J connectivity index is 0.00000261. The van der Waals surface area contributed by atoms with Gasteiger partial charge >= 0.3 is 0 Å². The number of piperidine rings is 1. The summed E-state index contributed by atoms with van der Waals surface area (Å²) in [4.78, 5) is 28.3. The summed E-state index contributed by atoms with van der Waals surface area (Å²) in [6, 6.07) is 5.19. The number of carbonyl (C=O) groups excluding carboxylic acids is 1. The van der Waals surface area contributed by atoms with Crippen LogP contribution in [0.3, 0.4) is 0 Å². The minimum absolute atomic E-state index is 0. The van der Waals surface area contributed by atoms with Gasteiger partial charge in [0.15, 0.2) is 0 Å². The minimum atomic E-state index is -0.362. The van der Waals surface area contributed by atoms with Crippen LogP contribution >= 0.6 is 12.4 Å². The second-order valence-electron chi connectivity index (χ2n) is 7.13. The number of benzene rings is 1. The molecule has 1 aromatic rings. The van der Waals surface area contributed by atoms with Crippen molar-refractivity contribution in [3.63, 3.8) is 0 Å². The Morgan fingerprint density at radius 2 is 1.96 bits per heavy atom. The molecule has 0 spiro atoms. The summed E-state index contributed by atoms with van der Waals surface area (Å²) >= 11 is 0. The molecule has 0 bridgehead atoms. The van der Waals surface area contributed by atoms with Crippen LogP contribution in [0.4, 0.5) is 11.4 Å². The lowest BCUT2D eigenvalue weighted by Gasteiger charge is -2.34. The molecule has 27 heavy (non-hydrogen) atoms. The van der Waals surface area contributed by atoms with Crippen molar-refractivity contribution in [3.8, 4) is 0 Å². The first-order chi connectivity index (χ1) is 12.6. The van der Waals surface area contributed by atoms with Gasteiger partial charge in [0, 0.05) is 37.3 Å². The van der Waals surface area contributed by atoms with Crippen LogP contribution in [-0.4, -0.2) is 54.5 Å². The molecule has 0 unspecified atom stereocenters. The van der Waals surface area contributed by atoms with E-state index in [1.54, 1.807) is 12.1 Å². The number of carbonyl (C=O) groups is 1. The molecular formula is C19H29ClN4O3. The molecule has 2 aliphatic heterocycles. The molecule has 2 saturated heterocycles. The van der Waals surface area contributed by atoms with Crippen molar-refractivity contribution >= 4 is 29.7 Å². The SMILES string of the molecule is CCCN(C(=O)c1ccc(N2CCCC2)c([N+](=O)[O-])c1)C1CCNCC1.Cl. The third kappa shape index (κ3) is 4.90. The van der Waals surface area contributed by atoms with Gasteiger partial charge in [-0.3, -0.25) is 14.9 Å². The fourth-order valence-electron chi connectivity index (χ4n) is 4.00. The molecule has 1 amide bonds. The second kappa shape index (κ2) is 9.90. The summed E-state index contributed by atoms with van der Waals surface area (Å²) in [5, 5.41) is 14.9. The Morgan fingerprint density at radius 3 is 2.56 bits per heavy atom. The van der Waals surface area contributed by atoms with E-state index in [-0.39, 0.29) is 35.0 Å². The molecule has 0 aliphatic carbocycles. The van der Waals surface area contributed by atoms with Gasteiger partial charge in [0.25, 0.3) is 11.6 Å². The topological polar surface area (TPSA) is 78.7 Å². The van der Waals surface area contributed by atoms with Crippen molar-refractivity contribution in [1.82, 2.24) is 10.2 Å². The monoisotopic (exact) mass is 396 g/mol. The average Bonchev–Trinajstić information content (AvgIpc) is 3.20. The van der Waals surface area contributed by atoms with Crippen molar-refractivity contribution in [1.29, 1.82) is 0 Å². The van der Waals surface area contributed by atoms with Crippen molar-refractivity contribution < 1.29 is 9.72 Å². The highest BCUT2D eigenvalue weighted by Gasteiger charge is 2.28. The Morgan fingerprint density at radius 1 is 1.30 bits per heavy atom. The fourth-order valence-corrected chi connectivity index (χ4v) is 4.00. The summed E-state index contributed by atoms with van der Waals surface area (Å²) < 4.78 is 0. The van der Waals surface area contributed by atoms with Crippen molar-refractivity contribution in [2.24, 2.45) is 0 Å². The highest BCUT2D eigenvalue weighted by molar-refractivity contribution is 5.96. The standard InChI is InChI=1S/C19H28N4O3.ClH/c1-2-11-22(16-7-9-20-10-8-16)19(24)15-5-6-17(18(14-15)23(25)26)21-12-3-4-13-21;/h5-6,14,16,20H,2-4,7-13H2,1H3;1H. The maximum absolute atomic E-state index is 13.1. The molecule has 150 valence electrons. The van der Waals surface area contributed by atoms with Crippen molar-refractivity contribution in [3.05, 3.63) is 33.9 Å². The number of hydrogen-bond donors (Lipinski definition) is 1. The zero-order chi connectivity index (χ0) is 18.5. The number of halogens is 1. The van der Waals surface area contributed by atoms with E-state index in [2.05, 4.69) is 12.2 Å². The predicted molar refractivity (Wildman–Crippen MR) is 109 cm³/mol. The number of rotatable bonds is 6. The highest BCUT2D eigenvalue weighted by atomic mass is 35.5. The normalized spacial score (nSPS) is 17.4. The quantitative estimate of drug-likeness (QED) is 0.590. The molecule has 0 saturated carbocycles. The molecule has 7 nitrogen and oxygen atoms in total. The zero-order valence-electron chi connectivity index (χ0n) is 15.9. The molecule has 2 fully saturated rings. The van der Waals surface area contributed by atoms with Crippen LogP contribution < -0.4 is 10.2 Å². The molecule has 3 rings (SSSR count). The summed E-state index contributed by atoms with van der Waals surface area (Å²) in [7, 11) is 0. The molecule has 1 aromatic carbocycles. The fraction of sp³-hybridized carbons (Fsp3) is 0.632. The van der Waals surface area contributed by atoms with Crippen LogP contribution in [0.15, 0.2) is 18.2 Å². The van der Waals surface area contributed by atoms with Crippen LogP contribution in [0.5, 0.6) is 0 Å². The lowest BCUT2D eigenvalue weighted by Crippen LogP contribution is -2.46. The lowest BCUT2D eigenvalue weighted by molar-refractivity contribution is -0.384. The van der Waals surface area contributed by atoms with E-state index in [9.17, 15) is 14.9 Å². The van der Waals surface area contributed by atoms with E-state index in [0.29, 0.717) is 17.8 Å². The van der Waals surface area contributed by atoms with E-state index in [0.717, 1.165) is 58.3 Å². The lowest BCUT2D eigenvalue weighted by atomic mass is 10.0. The smallest absolute Gasteiger partial charge is 0.293 e. The van der Waals surface area contributed by atoms with Gasteiger partial charge < -0.3 is 15.1 Å². The van der Waals surface area contributed by atoms with Gasteiger partial charge in [0.1, 0.15) is 5.69 Å². The summed E-state index contributed by atoms with van der Waals surface area (Å²) in [6.07, 6.45) is 4.85. The third-order valence-electron chi connectivity index (χ3n) is 5.34. The molecule has 0 atom stereocenters. The number of nitro groups is 1. The maximum atomic E-state index is 13.1. The van der Waals surface area contributed by atoms with Crippen LogP contribution in [0.1, 0.15) is 49.4 Å². The Kier molecular flexibility index (Phi) is 7.86. The molecule has 1 N–H and O–H groups in total. The first kappa shape index (κ1) is 21.4. The molecule has 2 aliphatic rings. The third-order valence-corrected chi connectivity index (χ3v) is 5.34. The molecule has 8 heteroatoms. The maximum Gasteiger partial charge on any atom is 0.293 e. The number of nitro benzene ring substituents is 1. The number of hydrogen-bond acceptors (Lipinski definition) is 5. The highest BCUT2D eigenvalue weighted by Crippen LogP contribution is 2.32. The molecule has 2 heterocycles. The number of nitrogens with zero attached hydrogens (tertiary/aromatic N) is 3. The van der Waals surface area contributed by atoms with E-state index in [1.807, 2.05) is 9.80 Å². The molecule has 0 aromatic heterocycles. The van der Waals surface area contributed by atoms with Gasteiger partial charge in [0.2, 0.25) is 0 Å². The zero-order valence-corrected chi connectivity index (χ0v) is 16.7. The van der Waals surface area contributed by atoms with Gasteiger partial charge in [-0.05, 0) is 57.3 Å². The van der Waals surface area contributed by atoms with Crippen LogP contribution in [0.2, 0.25) is 0 Å². The number of amides is 1. The van der Waals surface area contributed by atoms with Gasteiger partial charge in [0.05, 0.1) is 4.92 Å². The predicted octanol–water partition coefficient (Wildman–Crippen LogP) is 3.22. The van der Waals surface area contributed by atoms with Gasteiger partial charge in [-0.25, -0.2) is 0 Å². The van der Waals surface area contributed by atoms with Gasteiger partial charge in [-0.1, -0.05) is 6.92 Å². The van der Waals surface area contributed by atoms with Crippen LogP contribution in [-0.2, 0) is 0 Å². The first-order valence-electron chi connectivity index (χ1n) is 9.67. The number of nitrogens with one attached hydrogen (secondary N) is 1. The Hall–Kier alpha value is -1.86. The summed E-state index contributed by atoms with van der Waals surface area (Å²) in [6.45, 7) is 6.24. The van der Waals surface area contributed by atoms with E-state index in [1.165, 1.54) is 6.07 Å². The van der Waals surface area contributed by atoms with E-state index >= 15 is 0 Å². The van der Waals surface area contributed by atoms with E-state index < -0.39 is 0 Å². The molecule has 0 radical (unpaired) electrons. The number of anilines is 1. The van der Waals surface area contributed by atoms with Crippen LogP contribution in [0.25, 0.3) is 0 Å². The molecular weight excluding hydrogens is 368 g/mol.